The molecule has 0 bridgehead atoms. The highest BCUT2D eigenvalue weighted by atomic mass is 16.2. The number of hydrogen-bond acceptors (Lipinski definition) is 4. The van der Waals surface area contributed by atoms with Crippen LogP contribution in [0.2, 0.25) is 0 Å². The molecule has 0 saturated carbocycles. The molecule has 0 spiro atoms. The average Bonchev–Trinajstić information content (AvgIpc) is 2.78. The number of nitrogens with zero attached hydrogens (tertiary/aromatic N) is 4. The molecule has 1 aliphatic heterocycles. The van der Waals surface area contributed by atoms with Crippen LogP contribution in [-0.4, -0.2) is 50.6 Å². The van der Waals surface area contributed by atoms with E-state index in [-0.39, 0.29) is 0 Å². The summed E-state index contributed by atoms with van der Waals surface area (Å²) in [6.45, 7) is 3.28. The third kappa shape index (κ3) is 2.05. The van der Waals surface area contributed by atoms with Crippen LogP contribution in [-0.2, 0) is 11.8 Å². The standard InChI is InChI=1S/C11H15N5O3/c1-6-8(5-14(3)12-6)9(17)13-16-10(18)7(2)15(4)11(16)19/h5,7H,1-4H3,(H,13,17). The average molecular weight is 265 g/mol. The topological polar surface area (TPSA) is 87.5 Å². The van der Waals surface area contributed by atoms with Crippen LogP contribution >= 0.6 is 0 Å². The van der Waals surface area contributed by atoms with Gasteiger partial charge in [0.15, 0.2) is 0 Å². The molecule has 0 radical (unpaired) electrons. The molecule has 19 heavy (non-hydrogen) atoms. The first-order chi connectivity index (χ1) is 8.82. The summed E-state index contributed by atoms with van der Waals surface area (Å²) in [5.41, 5.74) is 3.16. The van der Waals surface area contributed by atoms with Crippen LogP contribution < -0.4 is 5.43 Å². The second-order valence-electron chi connectivity index (χ2n) is 4.49. The Kier molecular flexibility index (Phi) is 3.01. The lowest BCUT2D eigenvalue weighted by molar-refractivity contribution is -0.129. The van der Waals surface area contributed by atoms with Crippen molar-refractivity contribution >= 4 is 17.8 Å². The number of nitrogens with one attached hydrogen (secondary N) is 1. The Bertz CT molecular complexity index is 545. The SMILES string of the molecule is Cc1nn(C)cc1C(=O)NN1C(=O)C(C)N(C)C1=O. The van der Waals surface area contributed by atoms with Crippen LogP contribution in [0.5, 0.6) is 0 Å². The van der Waals surface area contributed by atoms with Crippen molar-refractivity contribution in [2.75, 3.05) is 7.05 Å². The first-order valence-corrected chi connectivity index (χ1v) is 5.75. The Labute approximate surface area is 109 Å². The van der Waals surface area contributed by atoms with Gasteiger partial charge in [-0.25, -0.2) is 4.79 Å². The third-order valence-electron chi connectivity index (χ3n) is 3.12. The van der Waals surface area contributed by atoms with Gasteiger partial charge in [-0.1, -0.05) is 0 Å². The molecule has 1 saturated heterocycles. The molecule has 1 unspecified atom stereocenters. The number of likely N-dealkylation sites (N-methyl/N-ethyl adjacent to an activating group) is 1. The largest absolute Gasteiger partial charge is 0.346 e. The fourth-order valence-corrected chi connectivity index (χ4v) is 1.86. The maximum Gasteiger partial charge on any atom is 0.346 e. The molecule has 1 aromatic rings. The molecule has 2 rings (SSSR count). The lowest BCUT2D eigenvalue weighted by Gasteiger charge is -2.14. The molecule has 0 aromatic carbocycles. The van der Waals surface area contributed by atoms with Gasteiger partial charge in [0.25, 0.3) is 11.8 Å². The first-order valence-electron chi connectivity index (χ1n) is 5.75. The van der Waals surface area contributed by atoms with E-state index in [1.54, 1.807) is 20.9 Å². The van der Waals surface area contributed by atoms with Gasteiger partial charge in [-0.15, -0.1) is 0 Å². The van der Waals surface area contributed by atoms with Crippen LogP contribution in [0.25, 0.3) is 0 Å². The van der Waals surface area contributed by atoms with Gasteiger partial charge < -0.3 is 4.90 Å². The molecule has 0 aliphatic carbocycles. The molecular formula is C11H15N5O3. The summed E-state index contributed by atoms with van der Waals surface area (Å²) in [5.74, 6) is -0.989. The molecule has 1 aliphatic rings. The molecule has 102 valence electrons. The summed E-state index contributed by atoms with van der Waals surface area (Å²) in [6.07, 6.45) is 1.53. The normalized spacial score (nSPS) is 19.3. The van der Waals surface area contributed by atoms with E-state index in [0.29, 0.717) is 11.3 Å². The van der Waals surface area contributed by atoms with Crippen molar-refractivity contribution in [2.24, 2.45) is 7.05 Å². The minimum Gasteiger partial charge on any atom is -0.314 e. The van der Waals surface area contributed by atoms with E-state index in [0.717, 1.165) is 5.01 Å². The van der Waals surface area contributed by atoms with E-state index >= 15 is 0 Å². The van der Waals surface area contributed by atoms with Gasteiger partial charge in [0.05, 0.1) is 11.3 Å². The number of urea groups is 1. The maximum atomic E-state index is 12.0. The van der Waals surface area contributed by atoms with Crippen LogP contribution in [0.15, 0.2) is 6.20 Å². The Morgan fingerprint density at radius 3 is 2.42 bits per heavy atom. The summed E-state index contributed by atoms with van der Waals surface area (Å²) < 4.78 is 1.49. The minimum absolute atomic E-state index is 0.324. The van der Waals surface area contributed by atoms with Crippen LogP contribution in [0, 0.1) is 6.92 Å². The van der Waals surface area contributed by atoms with E-state index in [9.17, 15) is 14.4 Å². The highest BCUT2D eigenvalue weighted by Crippen LogP contribution is 2.13. The van der Waals surface area contributed by atoms with Crippen molar-refractivity contribution in [2.45, 2.75) is 19.9 Å². The van der Waals surface area contributed by atoms with Crippen molar-refractivity contribution in [3.05, 3.63) is 17.5 Å². The van der Waals surface area contributed by atoms with Crippen LogP contribution in [0.4, 0.5) is 4.79 Å². The molecule has 2 heterocycles. The molecule has 1 atom stereocenters. The van der Waals surface area contributed by atoms with E-state index in [1.807, 2.05) is 0 Å². The lowest BCUT2D eigenvalue weighted by atomic mass is 10.2. The van der Waals surface area contributed by atoms with E-state index in [4.69, 9.17) is 0 Å². The summed E-state index contributed by atoms with van der Waals surface area (Å²) in [6, 6.07) is -1.13. The van der Waals surface area contributed by atoms with Gasteiger partial charge in [-0.3, -0.25) is 19.7 Å². The number of hydrogen-bond donors (Lipinski definition) is 1. The summed E-state index contributed by atoms with van der Waals surface area (Å²) in [7, 11) is 3.19. The molecular weight excluding hydrogens is 250 g/mol. The van der Waals surface area contributed by atoms with Crippen LogP contribution in [0.1, 0.15) is 23.0 Å². The quantitative estimate of drug-likeness (QED) is 0.741. The zero-order valence-electron chi connectivity index (χ0n) is 11.2. The summed E-state index contributed by atoms with van der Waals surface area (Å²) >= 11 is 0. The predicted octanol–water partition coefficient (Wildman–Crippen LogP) is -0.344. The number of aromatic nitrogens is 2. The molecule has 1 aromatic heterocycles. The number of hydrazine groups is 1. The zero-order chi connectivity index (χ0) is 14.3. The zero-order valence-corrected chi connectivity index (χ0v) is 11.2. The Morgan fingerprint density at radius 1 is 1.37 bits per heavy atom. The maximum absolute atomic E-state index is 12.0. The summed E-state index contributed by atoms with van der Waals surface area (Å²) in [4.78, 5) is 36.9. The predicted molar refractivity (Wildman–Crippen MR) is 64.9 cm³/mol. The minimum atomic E-state index is -0.581. The van der Waals surface area contributed by atoms with E-state index in [1.165, 1.54) is 22.8 Å². The van der Waals surface area contributed by atoms with Gasteiger partial charge in [0.2, 0.25) is 0 Å². The number of imide groups is 1. The fraction of sp³-hybridized carbons (Fsp3) is 0.455. The number of rotatable bonds is 2. The van der Waals surface area contributed by atoms with Gasteiger partial charge in [-0.2, -0.15) is 10.1 Å². The highest BCUT2D eigenvalue weighted by molar-refractivity contribution is 6.06. The van der Waals surface area contributed by atoms with Crippen molar-refractivity contribution in [3.63, 3.8) is 0 Å². The summed E-state index contributed by atoms with van der Waals surface area (Å²) in [5, 5.41) is 4.77. The molecule has 4 amide bonds. The van der Waals surface area contributed by atoms with Gasteiger partial charge in [0.1, 0.15) is 6.04 Å². The Balaban J connectivity index is 2.18. The number of amides is 4. The molecule has 8 heteroatoms. The fourth-order valence-electron chi connectivity index (χ4n) is 1.86. The Hall–Kier alpha value is -2.38. The molecule has 1 fully saturated rings. The van der Waals surface area contributed by atoms with Crippen molar-refractivity contribution in [1.82, 2.24) is 25.1 Å². The second kappa shape index (κ2) is 4.38. The smallest absolute Gasteiger partial charge is 0.314 e. The van der Waals surface area contributed by atoms with Crippen LogP contribution in [0.3, 0.4) is 0 Å². The molecule has 8 nitrogen and oxygen atoms in total. The van der Waals surface area contributed by atoms with Gasteiger partial charge in [0, 0.05) is 20.3 Å². The number of carbonyl (C=O) groups excluding carboxylic acids is 3. The highest BCUT2D eigenvalue weighted by Gasteiger charge is 2.41. The van der Waals surface area contributed by atoms with E-state index in [2.05, 4.69) is 10.5 Å². The Morgan fingerprint density at radius 2 is 2.00 bits per heavy atom. The van der Waals surface area contributed by atoms with Gasteiger partial charge >= 0.3 is 6.03 Å². The van der Waals surface area contributed by atoms with Crippen molar-refractivity contribution in [1.29, 1.82) is 0 Å². The second-order valence-corrected chi connectivity index (χ2v) is 4.49. The molecule has 1 N–H and O–H groups in total. The number of carbonyl (C=O) groups is 3. The first kappa shape index (κ1) is 13.1. The third-order valence-corrected chi connectivity index (χ3v) is 3.12. The monoisotopic (exact) mass is 265 g/mol. The lowest BCUT2D eigenvalue weighted by Crippen LogP contribution is -2.46. The van der Waals surface area contributed by atoms with Gasteiger partial charge in [-0.05, 0) is 13.8 Å². The number of aryl methyl sites for hydroxylation is 2. The van der Waals surface area contributed by atoms with Crippen molar-refractivity contribution < 1.29 is 14.4 Å². The van der Waals surface area contributed by atoms with Crippen molar-refractivity contribution in [3.8, 4) is 0 Å². The van der Waals surface area contributed by atoms with E-state index < -0.39 is 23.9 Å².